The Labute approximate surface area is 152 Å². The molecule has 0 fully saturated rings. The summed E-state index contributed by atoms with van der Waals surface area (Å²) in [6.45, 7) is 2.20. The van der Waals surface area contributed by atoms with Crippen LogP contribution in [0.1, 0.15) is 84.0 Å². The van der Waals surface area contributed by atoms with Gasteiger partial charge in [0.05, 0.1) is 0 Å². The second kappa shape index (κ2) is 17.3. The molecular weight excluding hydrogens is 318 g/mol. The zero-order valence-electron chi connectivity index (χ0n) is 15.6. The van der Waals surface area contributed by atoms with Gasteiger partial charge >= 0.3 is 0 Å². The Balaban J connectivity index is 3.95. The Hall–Kier alpha value is -1.49. The number of allylic oxidation sites excluding steroid dienone is 2. The molecule has 0 heterocycles. The van der Waals surface area contributed by atoms with E-state index in [2.05, 4.69) is 6.92 Å². The van der Waals surface area contributed by atoms with Crippen LogP contribution < -0.4 is 0 Å². The molecule has 0 saturated heterocycles. The number of hydrogen-bond acceptors (Lipinski definition) is 4. The molecule has 0 amide bonds. The maximum absolute atomic E-state index is 11.1. The van der Waals surface area contributed by atoms with E-state index >= 15 is 0 Å². The first-order valence-electron chi connectivity index (χ1n) is 9.68. The smallest absolute Gasteiger partial charge is 0.242 e. The molecule has 25 heavy (non-hydrogen) atoms. The van der Waals surface area contributed by atoms with Crippen LogP contribution in [-0.2, 0) is 4.79 Å². The highest BCUT2D eigenvalue weighted by Crippen LogP contribution is 2.11. The van der Waals surface area contributed by atoms with Gasteiger partial charge in [0.1, 0.15) is 12.4 Å². The molecule has 0 rings (SSSR count). The van der Waals surface area contributed by atoms with E-state index in [0.717, 1.165) is 32.0 Å². The van der Waals surface area contributed by atoms with Crippen LogP contribution in [0.15, 0.2) is 24.3 Å². The van der Waals surface area contributed by atoms with Gasteiger partial charge in [0.2, 0.25) is 6.04 Å². The van der Waals surface area contributed by atoms with Crippen LogP contribution in [0.2, 0.25) is 0 Å². The van der Waals surface area contributed by atoms with Gasteiger partial charge in [-0.1, -0.05) is 63.3 Å². The van der Waals surface area contributed by atoms with E-state index in [0.29, 0.717) is 12.8 Å². The third-order valence-electron chi connectivity index (χ3n) is 4.22. The van der Waals surface area contributed by atoms with Crippen LogP contribution in [0.3, 0.4) is 0 Å². The van der Waals surface area contributed by atoms with Crippen LogP contribution in [0.25, 0.3) is 0 Å². The summed E-state index contributed by atoms with van der Waals surface area (Å²) in [4.78, 5) is 20.9. The molecule has 0 aromatic carbocycles. The molecule has 0 saturated carbocycles. The molecule has 0 spiro atoms. The van der Waals surface area contributed by atoms with E-state index in [9.17, 15) is 20.0 Å². The molecular formula is C20H35NO4. The van der Waals surface area contributed by atoms with Gasteiger partial charge in [0.15, 0.2) is 0 Å². The molecule has 0 bridgehead atoms. The number of rotatable bonds is 17. The Morgan fingerprint density at radius 3 is 2.12 bits per heavy atom. The number of hydrogen-bond donors (Lipinski definition) is 1. The summed E-state index contributed by atoms with van der Waals surface area (Å²) < 4.78 is 0. The van der Waals surface area contributed by atoms with Crippen molar-refractivity contribution in [1.29, 1.82) is 0 Å². The number of aliphatic hydroxyl groups excluding tert-OH is 1. The predicted octanol–water partition coefficient (Wildman–Crippen LogP) is 5.01. The first-order chi connectivity index (χ1) is 12.1. The molecule has 5 heteroatoms. The molecule has 2 unspecified atom stereocenters. The summed E-state index contributed by atoms with van der Waals surface area (Å²) in [6, 6.07) is -0.971. The summed E-state index contributed by atoms with van der Waals surface area (Å²) in [5.74, 6) is 0. The summed E-state index contributed by atoms with van der Waals surface area (Å²) >= 11 is 0. The lowest BCUT2D eigenvalue weighted by Gasteiger charge is -2.12. The number of aliphatic hydroxyl groups is 1. The number of carbonyl (C=O) groups is 1. The lowest BCUT2D eigenvalue weighted by molar-refractivity contribution is -0.533. The van der Waals surface area contributed by atoms with Crippen molar-refractivity contribution in [1.82, 2.24) is 0 Å². The van der Waals surface area contributed by atoms with Gasteiger partial charge in [0.25, 0.3) is 0 Å². The fourth-order valence-corrected chi connectivity index (χ4v) is 2.61. The van der Waals surface area contributed by atoms with Crippen LogP contribution in [0, 0.1) is 10.1 Å². The van der Waals surface area contributed by atoms with E-state index in [1.54, 1.807) is 6.08 Å². The van der Waals surface area contributed by atoms with E-state index in [4.69, 9.17) is 0 Å². The monoisotopic (exact) mass is 353 g/mol. The number of aldehydes is 1. The maximum atomic E-state index is 11.1. The topological polar surface area (TPSA) is 80.4 Å². The fraction of sp³-hybridized carbons (Fsp3) is 0.750. The van der Waals surface area contributed by atoms with Crippen molar-refractivity contribution in [3.05, 3.63) is 34.4 Å². The van der Waals surface area contributed by atoms with Crippen molar-refractivity contribution in [2.24, 2.45) is 0 Å². The zero-order chi connectivity index (χ0) is 18.8. The predicted molar refractivity (Wildman–Crippen MR) is 102 cm³/mol. The minimum Gasteiger partial charge on any atom is -0.386 e. The number of nitro groups is 1. The molecule has 0 aliphatic rings. The van der Waals surface area contributed by atoms with Gasteiger partial charge in [-0.15, -0.1) is 0 Å². The highest BCUT2D eigenvalue weighted by molar-refractivity contribution is 5.48. The SMILES string of the molecule is CCCCCCCC/C=C\CC(O)C(C/C=C\CCCC=O)[N+](=O)[O-]. The van der Waals surface area contributed by atoms with Crippen LogP contribution >= 0.6 is 0 Å². The van der Waals surface area contributed by atoms with Crippen molar-refractivity contribution in [2.75, 3.05) is 0 Å². The van der Waals surface area contributed by atoms with Gasteiger partial charge in [0, 0.05) is 17.8 Å². The highest BCUT2D eigenvalue weighted by Gasteiger charge is 2.27. The molecule has 0 radical (unpaired) electrons. The van der Waals surface area contributed by atoms with E-state index in [1.807, 2.05) is 18.2 Å². The van der Waals surface area contributed by atoms with Crippen molar-refractivity contribution in [2.45, 2.75) is 96.1 Å². The standard InChI is InChI=1S/C20H35NO4/c1-2-3-4-5-6-7-8-11-14-17-20(23)19(21(24)25)16-13-10-9-12-15-18-22/h10-11,13-14,18-20,23H,2-9,12,15-17H2,1H3/b13-10-,14-11-. The zero-order valence-corrected chi connectivity index (χ0v) is 15.6. The average Bonchev–Trinajstić information content (AvgIpc) is 2.59. The quantitative estimate of drug-likeness (QED) is 0.131. The Morgan fingerprint density at radius 2 is 1.48 bits per heavy atom. The van der Waals surface area contributed by atoms with Gasteiger partial charge in [-0.25, -0.2) is 0 Å². The van der Waals surface area contributed by atoms with Gasteiger partial charge < -0.3 is 9.90 Å². The largest absolute Gasteiger partial charge is 0.386 e. The molecule has 5 nitrogen and oxygen atoms in total. The molecule has 2 atom stereocenters. The number of unbranched alkanes of at least 4 members (excludes halogenated alkanes) is 8. The molecule has 0 aromatic rings. The van der Waals surface area contributed by atoms with Crippen molar-refractivity contribution in [3.63, 3.8) is 0 Å². The maximum Gasteiger partial charge on any atom is 0.242 e. The Morgan fingerprint density at radius 1 is 0.880 bits per heavy atom. The minimum atomic E-state index is -0.971. The lowest BCUT2D eigenvalue weighted by atomic mass is 10.0. The number of nitrogens with zero attached hydrogens (tertiary/aromatic N) is 1. The first kappa shape index (κ1) is 23.5. The summed E-state index contributed by atoms with van der Waals surface area (Å²) in [6.07, 6.45) is 18.4. The minimum absolute atomic E-state index is 0.223. The molecule has 1 N–H and O–H groups in total. The average molecular weight is 354 g/mol. The van der Waals surface area contributed by atoms with E-state index < -0.39 is 17.1 Å². The first-order valence-corrected chi connectivity index (χ1v) is 9.68. The summed E-state index contributed by atoms with van der Waals surface area (Å²) in [7, 11) is 0. The summed E-state index contributed by atoms with van der Waals surface area (Å²) in [5.41, 5.74) is 0. The van der Waals surface area contributed by atoms with Gasteiger partial charge in [-0.2, -0.15) is 0 Å². The Bertz CT molecular complexity index is 393. The molecule has 0 aromatic heterocycles. The summed E-state index contributed by atoms with van der Waals surface area (Å²) in [5, 5.41) is 21.2. The van der Waals surface area contributed by atoms with Crippen LogP contribution in [0.4, 0.5) is 0 Å². The number of carbonyl (C=O) groups excluding carboxylic acids is 1. The van der Waals surface area contributed by atoms with Gasteiger partial charge in [-0.3, -0.25) is 10.1 Å². The van der Waals surface area contributed by atoms with Crippen LogP contribution in [-0.4, -0.2) is 28.5 Å². The molecule has 0 aliphatic carbocycles. The van der Waals surface area contributed by atoms with Gasteiger partial charge in [-0.05, 0) is 32.1 Å². The molecule has 144 valence electrons. The van der Waals surface area contributed by atoms with Crippen molar-refractivity contribution < 1.29 is 14.8 Å². The van der Waals surface area contributed by atoms with Crippen molar-refractivity contribution >= 4 is 6.29 Å². The third-order valence-corrected chi connectivity index (χ3v) is 4.22. The third kappa shape index (κ3) is 14.6. The molecule has 0 aliphatic heterocycles. The fourth-order valence-electron chi connectivity index (χ4n) is 2.61. The van der Waals surface area contributed by atoms with Crippen LogP contribution in [0.5, 0.6) is 0 Å². The lowest BCUT2D eigenvalue weighted by Crippen LogP contribution is -2.32. The van der Waals surface area contributed by atoms with E-state index in [-0.39, 0.29) is 6.42 Å². The second-order valence-electron chi connectivity index (χ2n) is 6.49. The Kier molecular flexibility index (Phi) is 16.3. The highest BCUT2D eigenvalue weighted by atomic mass is 16.6. The van der Waals surface area contributed by atoms with E-state index in [1.165, 1.54) is 32.1 Å². The second-order valence-corrected chi connectivity index (χ2v) is 6.49. The van der Waals surface area contributed by atoms with Crippen molar-refractivity contribution in [3.8, 4) is 0 Å². The normalized spacial score (nSPS) is 14.2.